The first kappa shape index (κ1) is 15.8. The SMILES string of the molecule is O=C([C@H]1CC(c2ccccc2)=NO1)N1CCO[C@@H](c2ccccc2)C1. The topological polar surface area (TPSA) is 51.1 Å². The summed E-state index contributed by atoms with van der Waals surface area (Å²) in [6, 6.07) is 19.8. The van der Waals surface area contributed by atoms with Crippen LogP contribution in [0.4, 0.5) is 0 Å². The molecule has 2 aliphatic rings. The van der Waals surface area contributed by atoms with Crippen LogP contribution in [0, 0.1) is 0 Å². The molecule has 25 heavy (non-hydrogen) atoms. The number of hydrogen-bond donors (Lipinski definition) is 0. The number of hydrogen-bond acceptors (Lipinski definition) is 4. The molecule has 2 aromatic rings. The summed E-state index contributed by atoms with van der Waals surface area (Å²) in [5, 5.41) is 4.12. The second kappa shape index (κ2) is 7.07. The van der Waals surface area contributed by atoms with Crippen molar-refractivity contribution in [3.63, 3.8) is 0 Å². The normalized spacial score (nSPS) is 23.0. The molecule has 5 nitrogen and oxygen atoms in total. The van der Waals surface area contributed by atoms with Crippen LogP contribution in [0.15, 0.2) is 65.8 Å². The van der Waals surface area contributed by atoms with Gasteiger partial charge in [-0.1, -0.05) is 65.8 Å². The summed E-state index contributed by atoms with van der Waals surface area (Å²) in [5.74, 6) is -0.0149. The quantitative estimate of drug-likeness (QED) is 0.866. The lowest BCUT2D eigenvalue weighted by Gasteiger charge is -2.34. The van der Waals surface area contributed by atoms with Crippen LogP contribution in [0.25, 0.3) is 0 Å². The zero-order chi connectivity index (χ0) is 17.1. The van der Waals surface area contributed by atoms with Crippen molar-refractivity contribution < 1.29 is 14.4 Å². The van der Waals surface area contributed by atoms with E-state index < -0.39 is 6.10 Å². The first-order chi connectivity index (χ1) is 12.3. The molecule has 0 aliphatic carbocycles. The Kier molecular flexibility index (Phi) is 4.48. The molecular formula is C20H20N2O3. The number of oxime groups is 1. The van der Waals surface area contributed by atoms with Gasteiger partial charge in [-0.25, -0.2) is 0 Å². The minimum Gasteiger partial charge on any atom is -0.382 e. The number of carbonyl (C=O) groups excluding carboxylic acids is 1. The molecule has 0 N–H and O–H groups in total. The third-order valence-electron chi connectivity index (χ3n) is 4.60. The average Bonchev–Trinajstić information content (AvgIpc) is 3.19. The van der Waals surface area contributed by atoms with Crippen molar-refractivity contribution in [2.75, 3.05) is 19.7 Å². The maximum Gasteiger partial charge on any atom is 0.267 e. The third kappa shape index (κ3) is 3.42. The molecule has 0 spiro atoms. The number of ether oxygens (including phenoxy) is 1. The van der Waals surface area contributed by atoms with Crippen molar-refractivity contribution in [1.29, 1.82) is 0 Å². The van der Waals surface area contributed by atoms with Crippen LogP contribution < -0.4 is 0 Å². The summed E-state index contributed by atoms with van der Waals surface area (Å²) in [4.78, 5) is 20.1. The Morgan fingerprint density at radius 3 is 2.52 bits per heavy atom. The molecule has 1 fully saturated rings. The van der Waals surface area contributed by atoms with Crippen LogP contribution in [0.1, 0.15) is 23.7 Å². The van der Waals surface area contributed by atoms with E-state index in [0.717, 1.165) is 16.8 Å². The van der Waals surface area contributed by atoms with E-state index in [1.54, 1.807) is 0 Å². The molecule has 1 amide bonds. The smallest absolute Gasteiger partial charge is 0.267 e. The van der Waals surface area contributed by atoms with Gasteiger partial charge < -0.3 is 14.5 Å². The molecule has 2 heterocycles. The monoisotopic (exact) mass is 336 g/mol. The highest BCUT2D eigenvalue weighted by Gasteiger charge is 2.35. The second-order valence-electron chi connectivity index (χ2n) is 6.26. The first-order valence-electron chi connectivity index (χ1n) is 8.55. The second-order valence-corrected chi connectivity index (χ2v) is 6.26. The van der Waals surface area contributed by atoms with Gasteiger partial charge in [0, 0.05) is 13.0 Å². The lowest BCUT2D eigenvalue weighted by atomic mass is 10.0. The Morgan fingerprint density at radius 2 is 1.76 bits per heavy atom. The van der Waals surface area contributed by atoms with E-state index in [4.69, 9.17) is 9.57 Å². The third-order valence-corrected chi connectivity index (χ3v) is 4.60. The van der Waals surface area contributed by atoms with Gasteiger partial charge in [-0.15, -0.1) is 0 Å². The molecule has 5 heteroatoms. The Bertz CT molecular complexity index is 761. The Hall–Kier alpha value is -2.66. The Labute approximate surface area is 146 Å². The number of amides is 1. The molecule has 1 saturated heterocycles. The predicted molar refractivity (Wildman–Crippen MR) is 94.2 cm³/mol. The van der Waals surface area contributed by atoms with E-state index in [1.807, 2.05) is 65.6 Å². The zero-order valence-corrected chi connectivity index (χ0v) is 13.9. The number of nitrogens with zero attached hydrogens (tertiary/aromatic N) is 2. The fourth-order valence-corrected chi connectivity index (χ4v) is 3.23. The molecular weight excluding hydrogens is 316 g/mol. The summed E-state index contributed by atoms with van der Waals surface area (Å²) < 4.78 is 5.83. The Balaban J connectivity index is 1.40. The van der Waals surface area contributed by atoms with Crippen LogP contribution >= 0.6 is 0 Å². The molecule has 0 radical (unpaired) electrons. The summed E-state index contributed by atoms with van der Waals surface area (Å²) in [6.07, 6.45) is -0.115. The van der Waals surface area contributed by atoms with Crippen LogP contribution in [-0.4, -0.2) is 42.3 Å². The molecule has 0 saturated carbocycles. The largest absolute Gasteiger partial charge is 0.382 e. The van der Waals surface area contributed by atoms with E-state index in [-0.39, 0.29) is 12.0 Å². The summed E-state index contributed by atoms with van der Waals surface area (Å²) in [5.41, 5.74) is 2.92. The van der Waals surface area contributed by atoms with Crippen molar-refractivity contribution in [1.82, 2.24) is 4.90 Å². The van der Waals surface area contributed by atoms with Crippen LogP contribution in [0.2, 0.25) is 0 Å². The first-order valence-corrected chi connectivity index (χ1v) is 8.55. The van der Waals surface area contributed by atoms with E-state index in [0.29, 0.717) is 26.1 Å². The van der Waals surface area contributed by atoms with Crippen LogP contribution in [0.5, 0.6) is 0 Å². The van der Waals surface area contributed by atoms with Gasteiger partial charge in [0.25, 0.3) is 5.91 Å². The highest BCUT2D eigenvalue weighted by molar-refractivity contribution is 6.04. The maximum absolute atomic E-state index is 12.8. The average molecular weight is 336 g/mol. The van der Waals surface area contributed by atoms with Gasteiger partial charge in [-0.3, -0.25) is 4.79 Å². The number of rotatable bonds is 3. The van der Waals surface area contributed by atoms with Crippen LogP contribution in [-0.2, 0) is 14.4 Å². The van der Waals surface area contributed by atoms with Gasteiger partial charge >= 0.3 is 0 Å². The maximum atomic E-state index is 12.8. The van der Waals surface area contributed by atoms with E-state index in [1.165, 1.54) is 0 Å². The lowest BCUT2D eigenvalue weighted by molar-refractivity contribution is -0.149. The fraction of sp³-hybridized carbons (Fsp3) is 0.300. The predicted octanol–water partition coefficient (Wildman–Crippen LogP) is 2.78. The molecule has 2 aromatic carbocycles. The number of benzene rings is 2. The van der Waals surface area contributed by atoms with Crippen molar-refractivity contribution in [2.24, 2.45) is 5.16 Å². The van der Waals surface area contributed by atoms with Gasteiger partial charge in [-0.05, 0) is 11.1 Å². The van der Waals surface area contributed by atoms with E-state index in [2.05, 4.69) is 5.16 Å². The minimum absolute atomic E-state index is 0.0149. The van der Waals surface area contributed by atoms with Crippen LogP contribution in [0.3, 0.4) is 0 Å². The molecule has 2 atom stereocenters. The highest BCUT2D eigenvalue weighted by Crippen LogP contribution is 2.24. The van der Waals surface area contributed by atoms with Gasteiger partial charge in [0.1, 0.15) is 6.10 Å². The molecule has 0 unspecified atom stereocenters. The van der Waals surface area contributed by atoms with Crippen molar-refractivity contribution in [3.05, 3.63) is 71.8 Å². The van der Waals surface area contributed by atoms with Gasteiger partial charge in [0.05, 0.1) is 18.9 Å². The summed E-state index contributed by atoms with van der Waals surface area (Å²) in [6.45, 7) is 1.66. The number of carbonyl (C=O) groups is 1. The van der Waals surface area contributed by atoms with Crippen molar-refractivity contribution in [3.8, 4) is 0 Å². The molecule has 2 aliphatic heterocycles. The number of morpholine rings is 1. The summed E-state index contributed by atoms with van der Waals surface area (Å²) >= 11 is 0. The van der Waals surface area contributed by atoms with Gasteiger partial charge in [0.2, 0.25) is 6.10 Å². The standard InChI is InChI=1S/C20H20N2O3/c23-20(18-13-17(21-25-18)15-7-3-1-4-8-15)22-11-12-24-19(14-22)16-9-5-2-6-10-16/h1-10,18-19H,11-14H2/t18-,19-/m1/s1. The highest BCUT2D eigenvalue weighted by atomic mass is 16.6. The Morgan fingerprint density at radius 1 is 1.04 bits per heavy atom. The summed E-state index contributed by atoms with van der Waals surface area (Å²) in [7, 11) is 0. The van der Waals surface area contributed by atoms with Crippen molar-refractivity contribution >= 4 is 11.6 Å². The molecule has 0 bridgehead atoms. The van der Waals surface area contributed by atoms with Gasteiger partial charge in [-0.2, -0.15) is 0 Å². The van der Waals surface area contributed by atoms with E-state index >= 15 is 0 Å². The zero-order valence-electron chi connectivity index (χ0n) is 13.9. The molecule has 4 rings (SSSR count). The fourth-order valence-electron chi connectivity index (χ4n) is 3.23. The lowest BCUT2D eigenvalue weighted by Crippen LogP contribution is -2.46. The molecule has 128 valence electrons. The van der Waals surface area contributed by atoms with E-state index in [9.17, 15) is 4.79 Å². The molecule has 0 aromatic heterocycles. The minimum atomic E-state index is -0.537. The van der Waals surface area contributed by atoms with Gasteiger partial charge in [0.15, 0.2) is 0 Å². The van der Waals surface area contributed by atoms with Crippen molar-refractivity contribution in [2.45, 2.75) is 18.6 Å².